The molecule has 0 radical (unpaired) electrons. The topological polar surface area (TPSA) is 74.3 Å². The molecule has 1 atom stereocenters. The lowest BCUT2D eigenvalue weighted by molar-refractivity contribution is -0.147. The number of ether oxygens (including phenoxy) is 1. The molecule has 148 valence electrons. The molecule has 1 unspecified atom stereocenters. The van der Waals surface area contributed by atoms with Crippen LogP contribution in [0.1, 0.15) is 41.9 Å². The van der Waals surface area contributed by atoms with Gasteiger partial charge in [-0.05, 0) is 18.4 Å². The van der Waals surface area contributed by atoms with E-state index in [0.717, 1.165) is 44.4 Å². The molecular weight excluding hydrogens is 354 g/mol. The first-order chi connectivity index (χ1) is 13.7. The molecule has 3 heterocycles. The lowest BCUT2D eigenvalue weighted by Gasteiger charge is -2.50. The fourth-order valence-electron chi connectivity index (χ4n) is 4.80. The molecule has 1 aliphatic carbocycles. The Morgan fingerprint density at radius 2 is 2.04 bits per heavy atom. The van der Waals surface area contributed by atoms with Crippen LogP contribution < -0.4 is 0 Å². The monoisotopic (exact) mass is 381 g/mol. The van der Waals surface area contributed by atoms with Gasteiger partial charge in [-0.1, -0.05) is 30.3 Å². The van der Waals surface area contributed by atoms with E-state index in [1.165, 1.54) is 18.4 Å². The first-order valence-corrected chi connectivity index (χ1v) is 10.1. The maximum Gasteiger partial charge on any atom is 0.248 e. The third-order valence-corrected chi connectivity index (χ3v) is 6.39. The highest BCUT2D eigenvalue weighted by atomic mass is 16.5. The van der Waals surface area contributed by atoms with E-state index in [9.17, 15) is 4.79 Å². The molecule has 3 fully saturated rings. The predicted molar refractivity (Wildman–Crippen MR) is 104 cm³/mol. The molecule has 1 amide bonds. The average molecular weight is 381 g/mol. The maximum absolute atomic E-state index is 12.2. The first kappa shape index (κ1) is 17.8. The molecule has 2 saturated heterocycles. The van der Waals surface area contributed by atoms with Crippen LogP contribution in [0.25, 0.3) is 0 Å². The third kappa shape index (κ3) is 3.22. The normalized spacial score (nSPS) is 23.9. The van der Waals surface area contributed by atoms with Gasteiger partial charge in [0.05, 0.1) is 0 Å². The average Bonchev–Trinajstić information content (AvgIpc) is 3.27. The summed E-state index contributed by atoms with van der Waals surface area (Å²) in [6.07, 6.45) is 2.40. The van der Waals surface area contributed by atoms with E-state index >= 15 is 0 Å². The number of aromatic amines is 1. The number of carbonyl (C=O) groups is 1. The Hall–Kier alpha value is -2.25. The summed E-state index contributed by atoms with van der Waals surface area (Å²) in [7, 11) is 1.57. The largest absolute Gasteiger partial charge is 0.375 e. The van der Waals surface area contributed by atoms with Gasteiger partial charge in [-0.3, -0.25) is 14.8 Å². The summed E-state index contributed by atoms with van der Waals surface area (Å²) in [4.78, 5) is 21.5. The molecule has 1 N–H and O–H groups in total. The quantitative estimate of drug-likeness (QED) is 0.825. The van der Waals surface area contributed by atoms with Crippen molar-refractivity contribution >= 4 is 5.91 Å². The summed E-state index contributed by atoms with van der Waals surface area (Å²) in [5, 5.41) is 7.71. The molecule has 28 heavy (non-hydrogen) atoms. The van der Waals surface area contributed by atoms with E-state index in [0.29, 0.717) is 5.92 Å². The minimum Gasteiger partial charge on any atom is -0.375 e. The predicted octanol–water partition coefficient (Wildman–Crippen LogP) is 1.76. The number of nitrogens with one attached hydrogen (secondary N) is 1. The highest BCUT2D eigenvalue weighted by molar-refractivity contribution is 5.78. The number of methoxy groups -OCH3 is 1. The number of carbonyl (C=O) groups excluding carboxylic acids is 1. The molecular formula is C21H27N5O2. The standard InChI is InChI=1S/C21H27N5O2/c1-28-11-18(27)26-13-21(14-26)12-25(9-15-5-3-2-4-6-15)10-17(21)20-22-19(23-24-20)16-7-8-16/h2-6,16-17H,7-14H2,1H3,(H,22,23,24). The highest BCUT2D eigenvalue weighted by Crippen LogP contribution is 2.49. The lowest BCUT2D eigenvalue weighted by atomic mass is 9.71. The second-order valence-corrected chi connectivity index (χ2v) is 8.61. The van der Waals surface area contributed by atoms with Gasteiger partial charge in [0, 0.05) is 57.1 Å². The van der Waals surface area contributed by atoms with Gasteiger partial charge < -0.3 is 9.64 Å². The zero-order valence-electron chi connectivity index (χ0n) is 16.3. The molecule has 1 aromatic carbocycles. The summed E-state index contributed by atoms with van der Waals surface area (Å²) in [5.74, 6) is 2.87. The van der Waals surface area contributed by atoms with Crippen molar-refractivity contribution in [3.63, 3.8) is 0 Å². The van der Waals surface area contributed by atoms with Gasteiger partial charge in [-0.2, -0.15) is 5.10 Å². The summed E-state index contributed by atoms with van der Waals surface area (Å²) >= 11 is 0. The van der Waals surface area contributed by atoms with Gasteiger partial charge in [0.2, 0.25) is 5.91 Å². The summed E-state index contributed by atoms with van der Waals surface area (Å²) in [6.45, 7) is 4.54. The van der Waals surface area contributed by atoms with Crippen molar-refractivity contribution in [2.45, 2.75) is 31.2 Å². The van der Waals surface area contributed by atoms with Crippen LogP contribution >= 0.6 is 0 Å². The molecule has 2 aliphatic heterocycles. The number of rotatable bonds is 6. The van der Waals surface area contributed by atoms with Crippen molar-refractivity contribution in [3.8, 4) is 0 Å². The van der Waals surface area contributed by atoms with Gasteiger partial charge in [0.25, 0.3) is 0 Å². The van der Waals surface area contributed by atoms with Crippen molar-refractivity contribution < 1.29 is 9.53 Å². The fraction of sp³-hybridized carbons (Fsp3) is 0.571. The van der Waals surface area contributed by atoms with Crippen LogP contribution in [-0.2, 0) is 16.1 Å². The van der Waals surface area contributed by atoms with Gasteiger partial charge in [-0.25, -0.2) is 4.98 Å². The smallest absolute Gasteiger partial charge is 0.248 e. The Morgan fingerprint density at radius 3 is 2.75 bits per heavy atom. The van der Waals surface area contributed by atoms with Crippen LogP contribution in [0.4, 0.5) is 0 Å². The fourth-order valence-corrected chi connectivity index (χ4v) is 4.80. The van der Waals surface area contributed by atoms with E-state index in [2.05, 4.69) is 45.4 Å². The summed E-state index contributed by atoms with van der Waals surface area (Å²) < 4.78 is 5.03. The van der Waals surface area contributed by atoms with E-state index in [-0.39, 0.29) is 23.8 Å². The number of aromatic nitrogens is 3. The van der Waals surface area contributed by atoms with Crippen LogP contribution in [0.2, 0.25) is 0 Å². The Balaban J connectivity index is 1.35. The van der Waals surface area contributed by atoms with Crippen molar-refractivity contribution in [2.75, 3.05) is 39.9 Å². The van der Waals surface area contributed by atoms with Crippen LogP contribution in [0.3, 0.4) is 0 Å². The molecule has 1 spiro atoms. The number of hydrogen-bond donors (Lipinski definition) is 1. The molecule has 7 nitrogen and oxygen atoms in total. The molecule has 2 aromatic rings. The van der Waals surface area contributed by atoms with Crippen LogP contribution in [-0.4, -0.2) is 70.8 Å². The molecule has 0 bridgehead atoms. The number of benzene rings is 1. The van der Waals surface area contributed by atoms with Crippen molar-refractivity contribution in [2.24, 2.45) is 5.41 Å². The van der Waals surface area contributed by atoms with E-state index in [4.69, 9.17) is 9.72 Å². The van der Waals surface area contributed by atoms with Crippen molar-refractivity contribution in [1.29, 1.82) is 0 Å². The van der Waals surface area contributed by atoms with E-state index < -0.39 is 0 Å². The SMILES string of the molecule is COCC(=O)N1CC2(CN(Cc3ccccc3)CC2c2nc(C3CC3)n[nH]2)C1. The number of nitrogens with zero attached hydrogens (tertiary/aromatic N) is 4. The zero-order valence-corrected chi connectivity index (χ0v) is 16.3. The van der Waals surface area contributed by atoms with Gasteiger partial charge in [-0.15, -0.1) is 0 Å². The Morgan fingerprint density at radius 1 is 1.25 bits per heavy atom. The molecule has 1 saturated carbocycles. The minimum absolute atomic E-state index is 0.0541. The van der Waals surface area contributed by atoms with E-state index in [1.54, 1.807) is 7.11 Å². The van der Waals surface area contributed by atoms with Gasteiger partial charge >= 0.3 is 0 Å². The molecule has 5 rings (SSSR count). The zero-order chi connectivity index (χ0) is 19.1. The Bertz CT molecular complexity index is 841. The first-order valence-electron chi connectivity index (χ1n) is 10.1. The highest BCUT2D eigenvalue weighted by Gasteiger charge is 2.56. The number of amides is 1. The van der Waals surface area contributed by atoms with Crippen molar-refractivity contribution in [3.05, 3.63) is 47.5 Å². The second kappa shape index (κ2) is 6.97. The molecule has 7 heteroatoms. The summed E-state index contributed by atoms with van der Waals surface area (Å²) in [5.41, 5.74) is 1.37. The van der Waals surface area contributed by atoms with Crippen LogP contribution in [0, 0.1) is 5.41 Å². The van der Waals surface area contributed by atoms with Crippen LogP contribution in [0.5, 0.6) is 0 Å². The number of hydrogen-bond acceptors (Lipinski definition) is 5. The summed E-state index contributed by atoms with van der Waals surface area (Å²) in [6, 6.07) is 10.6. The molecule has 1 aromatic heterocycles. The van der Waals surface area contributed by atoms with Gasteiger partial charge in [0.15, 0.2) is 5.82 Å². The maximum atomic E-state index is 12.2. The number of likely N-dealkylation sites (tertiary alicyclic amines) is 2. The Labute approximate surface area is 165 Å². The van der Waals surface area contributed by atoms with Gasteiger partial charge in [0.1, 0.15) is 12.4 Å². The van der Waals surface area contributed by atoms with Crippen LogP contribution in [0.15, 0.2) is 30.3 Å². The lowest BCUT2D eigenvalue weighted by Crippen LogP contribution is -2.62. The number of H-pyrrole nitrogens is 1. The second-order valence-electron chi connectivity index (χ2n) is 8.61. The third-order valence-electron chi connectivity index (χ3n) is 6.39. The van der Waals surface area contributed by atoms with Crippen molar-refractivity contribution in [1.82, 2.24) is 25.0 Å². The van der Waals surface area contributed by atoms with E-state index in [1.807, 2.05) is 4.90 Å². The molecule has 3 aliphatic rings. The Kier molecular flexibility index (Phi) is 4.44. The minimum atomic E-state index is 0.0541.